The molecule has 0 radical (unpaired) electrons. The molecule has 29 heavy (non-hydrogen) atoms. The van der Waals surface area contributed by atoms with Crippen LogP contribution in [0.3, 0.4) is 0 Å². The normalized spacial score (nSPS) is 28.5. The predicted molar refractivity (Wildman–Crippen MR) is 108 cm³/mol. The lowest BCUT2D eigenvalue weighted by Crippen LogP contribution is -2.54. The number of ether oxygens (including phenoxy) is 1. The predicted octanol–water partition coefficient (Wildman–Crippen LogP) is 2.77. The van der Waals surface area contributed by atoms with E-state index in [0.717, 1.165) is 11.1 Å². The van der Waals surface area contributed by atoms with Crippen LogP contribution >= 0.6 is 0 Å². The molecule has 6 heteroatoms. The largest absolute Gasteiger partial charge is 0.465 e. The molecule has 4 rings (SSSR count). The van der Waals surface area contributed by atoms with Crippen LogP contribution in [0.2, 0.25) is 0 Å². The van der Waals surface area contributed by atoms with Gasteiger partial charge in [-0.3, -0.25) is 19.7 Å². The molecule has 0 unspecified atom stereocenters. The average molecular weight is 392 g/mol. The van der Waals surface area contributed by atoms with E-state index in [4.69, 9.17) is 4.74 Å². The van der Waals surface area contributed by atoms with Gasteiger partial charge in [-0.05, 0) is 44.0 Å². The second kappa shape index (κ2) is 7.12. The smallest absolute Gasteiger partial charge is 0.326 e. The van der Waals surface area contributed by atoms with Crippen molar-refractivity contribution in [1.82, 2.24) is 5.32 Å². The SMILES string of the molecule is CCOC(=O)[C@@]1(C)N[C@@H](c2ccccc2C)[C@H]2C(=O)N(c3ccccc3)C(=O)[C@@H]21. The lowest BCUT2D eigenvalue weighted by molar-refractivity contribution is -0.153. The number of hydrogen-bond donors (Lipinski definition) is 1. The highest BCUT2D eigenvalue weighted by Gasteiger charge is 2.67. The number of carbonyl (C=O) groups is 3. The molecule has 0 spiro atoms. The van der Waals surface area contributed by atoms with E-state index >= 15 is 0 Å². The summed E-state index contributed by atoms with van der Waals surface area (Å²) in [5, 5.41) is 3.30. The first-order valence-electron chi connectivity index (χ1n) is 9.83. The van der Waals surface area contributed by atoms with Crippen LogP contribution in [-0.2, 0) is 19.1 Å². The summed E-state index contributed by atoms with van der Waals surface area (Å²) in [5.74, 6) is -2.69. The molecular formula is C23H24N2O4. The van der Waals surface area contributed by atoms with Crippen LogP contribution in [0, 0.1) is 18.8 Å². The van der Waals surface area contributed by atoms with E-state index in [1.165, 1.54) is 4.90 Å². The molecule has 0 aromatic heterocycles. The molecule has 2 aromatic carbocycles. The van der Waals surface area contributed by atoms with E-state index in [-0.39, 0.29) is 18.4 Å². The number of imide groups is 1. The monoisotopic (exact) mass is 392 g/mol. The van der Waals surface area contributed by atoms with E-state index < -0.39 is 29.4 Å². The molecule has 0 aliphatic carbocycles. The molecule has 6 nitrogen and oxygen atoms in total. The van der Waals surface area contributed by atoms with E-state index in [2.05, 4.69) is 5.32 Å². The molecule has 2 aliphatic heterocycles. The van der Waals surface area contributed by atoms with Gasteiger partial charge in [-0.25, -0.2) is 4.90 Å². The van der Waals surface area contributed by atoms with Gasteiger partial charge in [-0.2, -0.15) is 0 Å². The third-order valence-electron chi connectivity index (χ3n) is 6.02. The number of esters is 1. The Hall–Kier alpha value is -2.99. The van der Waals surface area contributed by atoms with Gasteiger partial charge in [0, 0.05) is 6.04 Å². The summed E-state index contributed by atoms with van der Waals surface area (Å²) < 4.78 is 5.29. The van der Waals surface area contributed by atoms with E-state index in [9.17, 15) is 14.4 Å². The van der Waals surface area contributed by atoms with Gasteiger partial charge in [0.25, 0.3) is 0 Å². The third kappa shape index (κ3) is 2.86. The van der Waals surface area contributed by atoms with Crippen molar-refractivity contribution >= 4 is 23.5 Å². The Bertz CT molecular complexity index is 974. The average Bonchev–Trinajstić information content (AvgIpc) is 3.17. The zero-order chi connectivity index (χ0) is 20.8. The van der Waals surface area contributed by atoms with Crippen molar-refractivity contribution < 1.29 is 19.1 Å². The minimum Gasteiger partial charge on any atom is -0.465 e. The number of rotatable bonds is 4. The Morgan fingerprint density at radius 2 is 1.72 bits per heavy atom. The fraction of sp³-hybridized carbons (Fsp3) is 0.348. The van der Waals surface area contributed by atoms with Gasteiger partial charge < -0.3 is 4.74 Å². The Kier molecular flexibility index (Phi) is 4.74. The van der Waals surface area contributed by atoms with Crippen molar-refractivity contribution in [1.29, 1.82) is 0 Å². The second-order valence-electron chi connectivity index (χ2n) is 7.75. The maximum Gasteiger partial charge on any atom is 0.326 e. The zero-order valence-electron chi connectivity index (χ0n) is 16.7. The molecule has 2 aromatic rings. The number of amides is 2. The molecule has 1 N–H and O–H groups in total. The summed E-state index contributed by atoms with van der Waals surface area (Å²) in [6.45, 7) is 5.56. The van der Waals surface area contributed by atoms with Crippen LogP contribution in [-0.4, -0.2) is 29.9 Å². The first-order chi connectivity index (χ1) is 13.9. The Morgan fingerprint density at radius 1 is 1.07 bits per heavy atom. The maximum absolute atomic E-state index is 13.5. The number of aryl methyl sites for hydroxylation is 1. The topological polar surface area (TPSA) is 75.7 Å². The molecule has 2 fully saturated rings. The highest BCUT2D eigenvalue weighted by atomic mass is 16.5. The summed E-state index contributed by atoms with van der Waals surface area (Å²) in [7, 11) is 0. The quantitative estimate of drug-likeness (QED) is 0.640. The minimum atomic E-state index is -1.29. The third-order valence-corrected chi connectivity index (χ3v) is 6.02. The van der Waals surface area contributed by atoms with E-state index in [0.29, 0.717) is 5.69 Å². The van der Waals surface area contributed by atoms with Gasteiger partial charge >= 0.3 is 5.97 Å². The van der Waals surface area contributed by atoms with Crippen LogP contribution in [0.5, 0.6) is 0 Å². The molecular weight excluding hydrogens is 368 g/mol. The fourth-order valence-electron chi connectivity index (χ4n) is 4.64. The van der Waals surface area contributed by atoms with Crippen molar-refractivity contribution in [2.75, 3.05) is 11.5 Å². The Morgan fingerprint density at radius 3 is 2.38 bits per heavy atom. The number of anilines is 1. The highest BCUT2D eigenvalue weighted by Crippen LogP contribution is 2.50. The summed E-state index contributed by atoms with van der Waals surface area (Å²) in [6.07, 6.45) is 0. The minimum absolute atomic E-state index is 0.201. The molecule has 2 saturated heterocycles. The lowest BCUT2D eigenvalue weighted by atomic mass is 9.80. The van der Waals surface area contributed by atoms with Crippen molar-refractivity contribution in [3.63, 3.8) is 0 Å². The number of para-hydroxylation sites is 1. The van der Waals surface area contributed by atoms with Crippen LogP contribution < -0.4 is 10.2 Å². The van der Waals surface area contributed by atoms with Crippen molar-refractivity contribution in [2.24, 2.45) is 11.8 Å². The molecule has 2 amide bonds. The van der Waals surface area contributed by atoms with Crippen molar-refractivity contribution in [3.8, 4) is 0 Å². The molecule has 0 saturated carbocycles. The van der Waals surface area contributed by atoms with Crippen LogP contribution in [0.25, 0.3) is 0 Å². The van der Waals surface area contributed by atoms with Crippen molar-refractivity contribution in [3.05, 3.63) is 65.7 Å². The first-order valence-corrected chi connectivity index (χ1v) is 9.83. The number of fused-ring (bicyclic) bond motifs is 1. The van der Waals surface area contributed by atoms with E-state index in [1.807, 2.05) is 37.3 Å². The summed E-state index contributed by atoms with van der Waals surface area (Å²) in [4.78, 5) is 41.0. The van der Waals surface area contributed by atoms with Crippen LogP contribution in [0.15, 0.2) is 54.6 Å². The molecule has 150 valence electrons. The first kappa shape index (κ1) is 19.3. The van der Waals surface area contributed by atoms with Gasteiger partial charge in [0.15, 0.2) is 0 Å². The number of carbonyl (C=O) groups excluding carboxylic acids is 3. The Labute approximate surface area is 169 Å². The molecule has 2 aliphatic rings. The summed E-state index contributed by atoms with van der Waals surface area (Å²) in [6, 6.07) is 16.1. The zero-order valence-corrected chi connectivity index (χ0v) is 16.7. The number of benzene rings is 2. The van der Waals surface area contributed by atoms with E-state index in [1.54, 1.807) is 38.1 Å². The van der Waals surface area contributed by atoms with Gasteiger partial charge in [-0.15, -0.1) is 0 Å². The highest BCUT2D eigenvalue weighted by molar-refractivity contribution is 6.24. The fourth-order valence-corrected chi connectivity index (χ4v) is 4.64. The Balaban J connectivity index is 1.84. The lowest BCUT2D eigenvalue weighted by Gasteiger charge is -2.29. The van der Waals surface area contributed by atoms with Gasteiger partial charge in [-0.1, -0.05) is 42.5 Å². The number of hydrogen-bond acceptors (Lipinski definition) is 5. The van der Waals surface area contributed by atoms with Gasteiger partial charge in [0.05, 0.1) is 24.1 Å². The second-order valence-corrected chi connectivity index (χ2v) is 7.75. The number of nitrogens with one attached hydrogen (secondary N) is 1. The van der Waals surface area contributed by atoms with Crippen LogP contribution in [0.4, 0.5) is 5.69 Å². The maximum atomic E-state index is 13.5. The molecule has 4 atom stereocenters. The van der Waals surface area contributed by atoms with Gasteiger partial charge in [0.2, 0.25) is 11.8 Å². The van der Waals surface area contributed by atoms with Gasteiger partial charge in [0.1, 0.15) is 5.54 Å². The molecule has 0 bridgehead atoms. The molecule has 2 heterocycles. The standard InChI is InChI=1S/C23H24N2O4/c1-4-29-22(28)23(3)18-17(19(24-23)16-13-9-8-10-14(16)2)20(26)25(21(18)27)15-11-6-5-7-12-15/h5-13,17-19,24H,4H2,1-3H3/t17-,18+,19-,23-/m0/s1. The number of nitrogens with zero attached hydrogens (tertiary/aromatic N) is 1. The van der Waals surface area contributed by atoms with Crippen LogP contribution in [0.1, 0.15) is 31.0 Å². The van der Waals surface area contributed by atoms with Crippen molar-refractivity contribution in [2.45, 2.75) is 32.4 Å². The summed E-state index contributed by atoms with van der Waals surface area (Å²) in [5.41, 5.74) is 1.14. The summed E-state index contributed by atoms with van der Waals surface area (Å²) >= 11 is 0.